The zero-order valence-electron chi connectivity index (χ0n) is 17.8. The van der Waals surface area contributed by atoms with Crippen molar-refractivity contribution >= 4 is 11.7 Å². The number of ether oxygens (including phenoxy) is 3. The third kappa shape index (κ3) is 5.53. The molecule has 160 valence electrons. The van der Waals surface area contributed by atoms with Gasteiger partial charge in [-0.3, -0.25) is 9.59 Å². The van der Waals surface area contributed by atoms with Crippen LogP contribution in [0.3, 0.4) is 0 Å². The van der Waals surface area contributed by atoms with Crippen molar-refractivity contribution in [2.75, 3.05) is 19.8 Å². The van der Waals surface area contributed by atoms with Crippen molar-refractivity contribution < 1.29 is 23.8 Å². The van der Waals surface area contributed by atoms with Crippen LogP contribution in [0.25, 0.3) is 0 Å². The average molecular weight is 411 g/mol. The Morgan fingerprint density at radius 1 is 1.00 bits per heavy atom. The van der Waals surface area contributed by atoms with Gasteiger partial charge in [0.2, 0.25) is 5.91 Å². The lowest BCUT2D eigenvalue weighted by Gasteiger charge is -2.25. The van der Waals surface area contributed by atoms with Gasteiger partial charge in [0.05, 0.1) is 12.6 Å². The third-order valence-corrected chi connectivity index (χ3v) is 4.97. The summed E-state index contributed by atoms with van der Waals surface area (Å²) in [6, 6.07) is 12.6. The van der Waals surface area contributed by atoms with E-state index in [0.29, 0.717) is 31.1 Å². The van der Waals surface area contributed by atoms with Crippen LogP contribution in [-0.2, 0) is 4.79 Å². The van der Waals surface area contributed by atoms with E-state index in [9.17, 15) is 9.59 Å². The second kappa shape index (κ2) is 10.1. The van der Waals surface area contributed by atoms with Gasteiger partial charge in [-0.05, 0) is 54.8 Å². The minimum absolute atomic E-state index is 0.0615. The standard InChI is InChI=1S/C24H29NO5/c1-4-28-19-8-5-17(6-9-19)20(26)10-12-23(27)25-24(16(2)3)18-7-11-21-22(15-18)30-14-13-29-21/h5-9,11,15-16,24H,4,10,12-14H2,1-3H3,(H,25,27). The molecule has 6 nitrogen and oxygen atoms in total. The molecule has 0 aromatic heterocycles. The number of hydrogen-bond donors (Lipinski definition) is 1. The normalized spacial score (nSPS) is 13.6. The van der Waals surface area contributed by atoms with Gasteiger partial charge in [-0.25, -0.2) is 0 Å². The van der Waals surface area contributed by atoms with Crippen LogP contribution in [0.4, 0.5) is 0 Å². The fraction of sp³-hybridized carbons (Fsp3) is 0.417. The molecule has 30 heavy (non-hydrogen) atoms. The third-order valence-electron chi connectivity index (χ3n) is 4.97. The Bertz CT molecular complexity index is 876. The number of ketones is 1. The molecule has 1 aliphatic heterocycles. The molecule has 0 fully saturated rings. The molecule has 0 bridgehead atoms. The quantitative estimate of drug-likeness (QED) is 0.622. The molecule has 1 amide bonds. The SMILES string of the molecule is CCOc1ccc(C(=O)CCC(=O)NC(c2ccc3c(c2)OCCO3)C(C)C)cc1. The van der Waals surface area contributed by atoms with E-state index in [2.05, 4.69) is 5.32 Å². The van der Waals surface area contributed by atoms with Crippen LogP contribution in [0.5, 0.6) is 17.2 Å². The van der Waals surface area contributed by atoms with Crippen LogP contribution < -0.4 is 19.5 Å². The molecule has 2 aromatic carbocycles. The van der Waals surface area contributed by atoms with Crippen LogP contribution >= 0.6 is 0 Å². The van der Waals surface area contributed by atoms with E-state index in [-0.39, 0.29) is 36.5 Å². The van der Waals surface area contributed by atoms with E-state index < -0.39 is 0 Å². The lowest BCUT2D eigenvalue weighted by atomic mass is 9.95. The maximum Gasteiger partial charge on any atom is 0.220 e. The molecule has 2 aromatic rings. The van der Waals surface area contributed by atoms with Crippen LogP contribution in [0, 0.1) is 5.92 Å². The summed E-state index contributed by atoms with van der Waals surface area (Å²) in [4.78, 5) is 25.0. The highest BCUT2D eigenvalue weighted by Crippen LogP contribution is 2.34. The molecular formula is C24H29NO5. The Morgan fingerprint density at radius 2 is 1.70 bits per heavy atom. The molecule has 1 N–H and O–H groups in total. The van der Waals surface area contributed by atoms with Crippen molar-refractivity contribution in [3.63, 3.8) is 0 Å². The minimum Gasteiger partial charge on any atom is -0.494 e. The van der Waals surface area contributed by atoms with Gasteiger partial charge in [0.15, 0.2) is 17.3 Å². The van der Waals surface area contributed by atoms with E-state index in [1.807, 2.05) is 39.0 Å². The van der Waals surface area contributed by atoms with Gasteiger partial charge in [-0.15, -0.1) is 0 Å². The summed E-state index contributed by atoms with van der Waals surface area (Å²) in [5.41, 5.74) is 1.54. The highest BCUT2D eigenvalue weighted by atomic mass is 16.6. The van der Waals surface area contributed by atoms with Gasteiger partial charge in [-0.1, -0.05) is 19.9 Å². The van der Waals surface area contributed by atoms with E-state index in [1.165, 1.54) is 0 Å². The average Bonchev–Trinajstić information content (AvgIpc) is 2.76. The second-order valence-corrected chi connectivity index (χ2v) is 7.57. The summed E-state index contributed by atoms with van der Waals surface area (Å²) in [6.45, 7) is 7.64. The first kappa shape index (κ1) is 21.7. The number of nitrogens with one attached hydrogen (secondary N) is 1. The predicted octanol–water partition coefficient (Wildman–Crippen LogP) is 4.33. The maximum atomic E-state index is 12.6. The maximum absolute atomic E-state index is 12.6. The number of hydrogen-bond acceptors (Lipinski definition) is 5. The summed E-state index contributed by atoms with van der Waals surface area (Å²) in [6.07, 6.45) is 0.297. The van der Waals surface area contributed by atoms with E-state index in [4.69, 9.17) is 14.2 Å². The monoisotopic (exact) mass is 411 g/mol. The molecule has 1 unspecified atom stereocenters. The highest BCUT2D eigenvalue weighted by molar-refractivity contribution is 5.98. The number of carbonyl (C=O) groups excluding carboxylic acids is 2. The summed E-state index contributed by atoms with van der Waals surface area (Å²) in [7, 11) is 0. The Kier molecular flexibility index (Phi) is 7.33. The Balaban J connectivity index is 1.58. The molecule has 0 saturated carbocycles. The first-order chi connectivity index (χ1) is 14.5. The van der Waals surface area contributed by atoms with Gasteiger partial charge in [0.1, 0.15) is 19.0 Å². The summed E-state index contributed by atoms with van der Waals surface area (Å²) in [5, 5.41) is 3.06. The number of carbonyl (C=O) groups is 2. The molecule has 0 spiro atoms. The molecule has 1 aliphatic rings. The summed E-state index contributed by atoms with van der Waals surface area (Å²) >= 11 is 0. The smallest absolute Gasteiger partial charge is 0.220 e. The molecular weight excluding hydrogens is 382 g/mol. The first-order valence-electron chi connectivity index (χ1n) is 10.4. The largest absolute Gasteiger partial charge is 0.494 e. The summed E-state index contributed by atoms with van der Waals surface area (Å²) in [5.74, 6) is 2.12. The van der Waals surface area contributed by atoms with Crippen molar-refractivity contribution in [1.82, 2.24) is 5.32 Å². The fourth-order valence-electron chi connectivity index (χ4n) is 3.41. The number of fused-ring (bicyclic) bond motifs is 1. The van der Waals surface area contributed by atoms with Gasteiger partial charge in [0, 0.05) is 18.4 Å². The summed E-state index contributed by atoms with van der Waals surface area (Å²) < 4.78 is 16.6. The zero-order chi connectivity index (χ0) is 21.5. The number of rotatable bonds is 9. The van der Waals surface area contributed by atoms with Gasteiger partial charge in [-0.2, -0.15) is 0 Å². The molecule has 6 heteroatoms. The van der Waals surface area contributed by atoms with Crippen molar-refractivity contribution in [1.29, 1.82) is 0 Å². The van der Waals surface area contributed by atoms with Crippen molar-refractivity contribution in [2.45, 2.75) is 39.7 Å². The topological polar surface area (TPSA) is 73.9 Å². The lowest BCUT2D eigenvalue weighted by molar-refractivity contribution is -0.122. The van der Waals surface area contributed by atoms with E-state index in [1.54, 1.807) is 24.3 Å². The predicted molar refractivity (Wildman–Crippen MR) is 114 cm³/mol. The van der Waals surface area contributed by atoms with E-state index in [0.717, 1.165) is 17.1 Å². The Labute approximate surface area is 177 Å². The van der Waals surface area contributed by atoms with Gasteiger partial charge < -0.3 is 19.5 Å². The Morgan fingerprint density at radius 3 is 2.37 bits per heavy atom. The number of Topliss-reactive ketones (excluding diaryl/α,β-unsaturated/α-hetero) is 1. The van der Waals surface area contributed by atoms with Crippen LogP contribution in [0.1, 0.15) is 55.6 Å². The van der Waals surface area contributed by atoms with Crippen molar-refractivity contribution in [3.05, 3.63) is 53.6 Å². The molecule has 0 saturated heterocycles. The number of amides is 1. The van der Waals surface area contributed by atoms with Crippen LogP contribution in [0.2, 0.25) is 0 Å². The fourth-order valence-corrected chi connectivity index (χ4v) is 3.41. The molecule has 0 aliphatic carbocycles. The first-order valence-corrected chi connectivity index (χ1v) is 10.4. The Hall–Kier alpha value is -3.02. The second-order valence-electron chi connectivity index (χ2n) is 7.57. The molecule has 0 radical (unpaired) electrons. The highest BCUT2D eigenvalue weighted by Gasteiger charge is 2.22. The van der Waals surface area contributed by atoms with E-state index >= 15 is 0 Å². The minimum atomic E-state index is -0.172. The van der Waals surface area contributed by atoms with Gasteiger partial charge in [0.25, 0.3) is 0 Å². The lowest BCUT2D eigenvalue weighted by Crippen LogP contribution is -2.32. The molecule has 1 atom stereocenters. The van der Waals surface area contributed by atoms with Crippen LogP contribution in [0.15, 0.2) is 42.5 Å². The van der Waals surface area contributed by atoms with Crippen LogP contribution in [-0.4, -0.2) is 31.5 Å². The zero-order valence-corrected chi connectivity index (χ0v) is 17.8. The molecule has 3 rings (SSSR count). The van der Waals surface area contributed by atoms with Gasteiger partial charge >= 0.3 is 0 Å². The number of benzene rings is 2. The molecule has 1 heterocycles. The van der Waals surface area contributed by atoms with Crippen molar-refractivity contribution in [3.8, 4) is 17.2 Å². The van der Waals surface area contributed by atoms with Crippen molar-refractivity contribution in [2.24, 2.45) is 5.92 Å².